The zero-order chi connectivity index (χ0) is 22.8. The fraction of sp³-hybridized carbons (Fsp3) is 0.609. The molecule has 0 radical (unpaired) electrons. The fourth-order valence-corrected chi connectivity index (χ4v) is 4.13. The quantitative estimate of drug-likeness (QED) is 0.741. The molecule has 0 aromatic heterocycles. The smallest absolute Gasteiger partial charge is 0.326 e. The third kappa shape index (κ3) is 5.76. The van der Waals surface area contributed by atoms with Crippen molar-refractivity contribution in [3.8, 4) is 5.75 Å². The number of hydrogen-bond donors (Lipinski definition) is 2. The van der Waals surface area contributed by atoms with E-state index in [2.05, 4.69) is 5.32 Å². The van der Waals surface area contributed by atoms with Gasteiger partial charge in [0.1, 0.15) is 17.8 Å². The van der Waals surface area contributed by atoms with Gasteiger partial charge in [-0.3, -0.25) is 9.59 Å². The molecule has 2 heterocycles. The number of benzene rings is 1. The number of hydrogen-bond acceptors (Lipinski definition) is 5. The molecule has 2 aliphatic heterocycles. The van der Waals surface area contributed by atoms with Crippen molar-refractivity contribution >= 4 is 17.8 Å². The zero-order valence-electron chi connectivity index (χ0n) is 18.6. The topological polar surface area (TPSA) is 105 Å². The van der Waals surface area contributed by atoms with Crippen molar-refractivity contribution in [1.29, 1.82) is 0 Å². The third-order valence-electron chi connectivity index (χ3n) is 5.80. The molecule has 8 heteroatoms. The Morgan fingerprint density at radius 2 is 2.03 bits per heavy atom. The van der Waals surface area contributed by atoms with Crippen LogP contribution in [0.5, 0.6) is 5.75 Å². The lowest BCUT2D eigenvalue weighted by Gasteiger charge is -2.31. The van der Waals surface area contributed by atoms with Gasteiger partial charge in [0, 0.05) is 19.4 Å². The number of ether oxygens (including phenoxy) is 2. The van der Waals surface area contributed by atoms with Gasteiger partial charge in [-0.1, -0.05) is 26.0 Å². The normalized spacial score (nSPS) is 27.0. The van der Waals surface area contributed by atoms with E-state index in [0.717, 1.165) is 5.56 Å². The van der Waals surface area contributed by atoms with E-state index >= 15 is 0 Å². The number of carboxylic acid groups (broad SMARTS) is 1. The lowest BCUT2D eigenvalue weighted by atomic mass is 10.0. The molecule has 1 aromatic rings. The number of carbonyl (C=O) groups excluding carboxylic acids is 2. The minimum atomic E-state index is -1.07. The average molecular weight is 433 g/mol. The lowest BCUT2D eigenvalue weighted by Crippen LogP contribution is -2.54. The Morgan fingerprint density at radius 1 is 1.29 bits per heavy atom. The van der Waals surface area contributed by atoms with E-state index in [1.54, 1.807) is 0 Å². The first-order valence-corrected chi connectivity index (χ1v) is 10.8. The number of aliphatic carboxylic acids is 1. The molecule has 1 aromatic carbocycles. The Balaban J connectivity index is 1.92. The van der Waals surface area contributed by atoms with Crippen LogP contribution in [0, 0.1) is 5.92 Å². The lowest BCUT2D eigenvalue weighted by molar-refractivity contribution is -0.150. The maximum Gasteiger partial charge on any atom is 0.326 e. The summed E-state index contributed by atoms with van der Waals surface area (Å²) in [7, 11) is 0. The average Bonchev–Trinajstić information content (AvgIpc) is 3.08. The minimum absolute atomic E-state index is 0.104. The number of rotatable bonds is 2. The second-order valence-electron chi connectivity index (χ2n) is 9.29. The molecule has 0 spiro atoms. The molecular formula is C23H32N2O6. The van der Waals surface area contributed by atoms with E-state index < -0.39 is 29.8 Å². The van der Waals surface area contributed by atoms with Crippen LogP contribution in [0.1, 0.15) is 46.1 Å². The van der Waals surface area contributed by atoms with Crippen LogP contribution in [0.3, 0.4) is 0 Å². The van der Waals surface area contributed by atoms with E-state index in [0.29, 0.717) is 18.8 Å². The maximum atomic E-state index is 13.3. The second kappa shape index (κ2) is 9.26. The number of nitrogens with one attached hydrogen (secondary N) is 1. The van der Waals surface area contributed by atoms with Crippen molar-refractivity contribution in [2.24, 2.45) is 5.92 Å². The highest BCUT2D eigenvalue weighted by atomic mass is 16.5. The summed E-state index contributed by atoms with van der Waals surface area (Å²) >= 11 is 0. The summed E-state index contributed by atoms with van der Waals surface area (Å²) < 4.78 is 12.1. The van der Waals surface area contributed by atoms with E-state index in [9.17, 15) is 19.5 Å². The Labute approximate surface area is 182 Å². The molecule has 3 atom stereocenters. The zero-order valence-corrected chi connectivity index (χ0v) is 18.6. The maximum absolute atomic E-state index is 13.3. The molecule has 3 rings (SSSR count). The van der Waals surface area contributed by atoms with Crippen molar-refractivity contribution < 1.29 is 29.0 Å². The van der Waals surface area contributed by atoms with Crippen LogP contribution < -0.4 is 10.1 Å². The molecule has 2 aliphatic rings. The molecule has 4 bridgehead atoms. The Hall–Kier alpha value is -2.61. The molecule has 0 aliphatic carbocycles. The van der Waals surface area contributed by atoms with Crippen molar-refractivity contribution in [3.05, 3.63) is 29.8 Å². The molecule has 2 amide bonds. The highest BCUT2D eigenvalue weighted by Crippen LogP contribution is 2.28. The fourth-order valence-electron chi connectivity index (χ4n) is 4.13. The van der Waals surface area contributed by atoms with Crippen molar-refractivity contribution in [3.63, 3.8) is 0 Å². The van der Waals surface area contributed by atoms with Crippen LogP contribution in [0.2, 0.25) is 0 Å². The van der Waals surface area contributed by atoms with Gasteiger partial charge in [-0.2, -0.15) is 0 Å². The summed E-state index contributed by atoms with van der Waals surface area (Å²) in [5.41, 5.74) is 0.227. The molecule has 170 valence electrons. The van der Waals surface area contributed by atoms with Gasteiger partial charge in [-0.25, -0.2) is 4.79 Å². The van der Waals surface area contributed by atoms with Crippen LogP contribution in [-0.4, -0.2) is 64.7 Å². The first-order chi connectivity index (χ1) is 14.6. The van der Waals surface area contributed by atoms with Gasteiger partial charge in [0.2, 0.25) is 11.8 Å². The second-order valence-corrected chi connectivity index (χ2v) is 9.29. The molecule has 8 nitrogen and oxygen atoms in total. The Kier molecular flexibility index (Phi) is 6.89. The summed E-state index contributed by atoms with van der Waals surface area (Å²) in [6.07, 6.45) is 0.506. The first kappa shape index (κ1) is 23.1. The number of carboxylic acids is 1. The van der Waals surface area contributed by atoms with Gasteiger partial charge >= 0.3 is 5.97 Å². The van der Waals surface area contributed by atoms with Crippen LogP contribution in [0.25, 0.3) is 0 Å². The Morgan fingerprint density at radius 3 is 2.71 bits per heavy atom. The van der Waals surface area contributed by atoms with Gasteiger partial charge in [0.25, 0.3) is 0 Å². The highest BCUT2D eigenvalue weighted by molar-refractivity contribution is 5.91. The van der Waals surface area contributed by atoms with Gasteiger partial charge in [-0.05, 0) is 37.5 Å². The summed E-state index contributed by atoms with van der Waals surface area (Å²) in [5, 5.41) is 12.5. The van der Waals surface area contributed by atoms with E-state index in [4.69, 9.17) is 9.47 Å². The molecule has 0 unspecified atom stereocenters. The van der Waals surface area contributed by atoms with E-state index in [1.165, 1.54) is 4.90 Å². The monoisotopic (exact) mass is 432 g/mol. The van der Waals surface area contributed by atoms with Crippen LogP contribution in [0.15, 0.2) is 24.3 Å². The molecular weight excluding hydrogens is 400 g/mol. The van der Waals surface area contributed by atoms with Gasteiger partial charge in [0.15, 0.2) is 0 Å². The number of nitrogens with zero attached hydrogens (tertiary/aromatic N) is 1. The van der Waals surface area contributed by atoms with Gasteiger partial charge in [0.05, 0.1) is 24.7 Å². The van der Waals surface area contributed by atoms with Crippen LogP contribution >= 0.6 is 0 Å². The summed E-state index contributed by atoms with van der Waals surface area (Å²) in [5.74, 6) is -1.28. The standard InChI is InChI=1S/C23H32N2O6/c1-14(2)20-21(27)25-13-17(12-18(25)22(28)29)31-23(3,4)8-9-30-16-7-5-6-15(10-16)11-19(26)24-20/h5-7,10,14,17-18,20H,8-9,11-13H2,1-4H3,(H,24,26)(H,28,29)/t17-,18+,20+/m1/s1. The van der Waals surface area contributed by atoms with Crippen molar-refractivity contribution in [1.82, 2.24) is 10.2 Å². The highest BCUT2D eigenvalue weighted by Gasteiger charge is 2.44. The van der Waals surface area contributed by atoms with Crippen LogP contribution in [0.4, 0.5) is 0 Å². The van der Waals surface area contributed by atoms with Gasteiger partial charge in [-0.15, -0.1) is 0 Å². The number of carbonyl (C=O) groups is 3. The minimum Gasteiger partial charge on any atom is -0.493 e. The molecule has 1 fully saturated rings. The molecule has 31 heavy (non-hydrogen) atoms. The molecule has 0 saturated carbocycles. The predicted octanol–water partition coefficient (Wildman–Crippen LogP) is 2.00. The summed E-state index contributed by atoms with van der Waals surface area (Å²) in [4.78, 5) is 39.2. The molecule has 2 N–H and O–H groups in total. The summed E-state index contributed by atoms with van der Waals surface area (Å²) in [6, 6.07) is 5.53. The molecule has 1 saturated heterocycles. The van der Waals surface area contributed by atoms with Crippen molar-refractivity contribution in [2.45, 2.75) is 70.7 Å². The number of amides is 2. The first-order valence-electron chi connectivity index (χ1n) is 10.8. The predicted molar refractivity (Wildman–Crippen MR) is 114 cm³/mol. The Bertz CT molecular complexity index is 837. The summed E-state index contributed by atoms with van der Waals surface area (Å²) in [6.45, 7) is 8.13. The van der Waals surface area contributed by atoms with Crippen LogP contribution in [-0.2, 0) is 25.5 Å². The number of fused-ring (bicyclic) bond motifs is 4. The largest absolute Gasteiger partial charge is 0.493 e. The van der Waals surface area contributed by atoms with E-state index in [-0.39, 0.29) is 37.1 Å². The van der Waals surface area contributed by atoms with Gasteiger partial charge < -0.3 is 24.8 Å². The van der Waals surface area contributed by atoms with E-state index in [1.807, 2.05) is 52.0 Å². The SMILES string of the molecule is CC(C)[C@@H]1NC(=O)Cc2cccc(c2)OCCC(C)(C)O[C@@H]2C[C@@H](C(=O)O)N(C2)C1=O. The van der Waals surface area contributed by atoms with Crippen molar-refractivity contribution in [2.75, 3.05) is 13.2 Å². The third-order valence-corrected chi connectivity index (χ3v) is 5.80.